The lowest BCUT2D eigenvalue weighted by atomic mass is 10.0. The first-order valence-electron chi connectivity index (χ1n) is 10.0. The van der Waals surface area contributed by atoms with Gasteiger partial charge >= 0.3 is 0 Å². The summed E-state index contributed by atoms with van der Waals surface area (Å²) in [6.45, 7) is 9.06. The minimum atomic E-state index is -3.33. The normalized spacial score (nSPS) is 19.2. The molecule has 0 amide bonds. The molecule has 10 heteroatoms. The van der Waals surface area contributed by atoms with Crippen molar-refractivity contribution in [1.82, 2.24) is 15.4 Å². The Labute approximate surface area is 188 Å². The third kappa shape index (κ3) is 12.4. The van der Waals surface area contributed by atoms with Gasteiger partial charge in [-0.05, 0) is 38.5 Å². The fraction of sp³-hybridized carbons (Fsp3) is 0.944. The number of nitrogens with zero attached hydrogens (tertiary/aromatic N) is 1. The van der Waals surface area contributed by atoms with Crippen molar-refractivity contribution in [3.63, 3.8) is 0 Å². The predicted molar refractivity (Wildman–Crippen MR) is 125 cm³/mol. The summed E-state index contributed by atoms with van der Waals surface area (Å²) in [5, 5.41) is 6.25. The van der Waals surface area contributed by atoms with Crippen LogP contribution in [0.5, 0.6) is 0 Å². The molecular weight excluding hydrogens is 495 g/mol. The lowest BCUT2D eigenvalue weighted by Gasteiger charge is -2.23. The van der Waals surface area contributed by atoms with E-state index >= 15 is 0 Å². The summed E-state index contributed by atoms with van der Waals surface area (Å²) in [5.74, 6) is 1.04. The molecule has 1 aliphatic heterocycles. The molecular formula is C18H39IN4O4S. The van der Waals surface area contributed by atoms with Gasteiger partial charge in [0.15, 0.2) is 5.96 Å². The number of aliphatic imine (C=N–C) groups is 1. The zero-order chi connectivity index (χ0) is 20.1. The number of hydrogen-bond donors (Lipinski definition) is 3. The van der Waals surface area contributed by atoms with Crippen LogP contribution in [0.15, 0.2) is 4.99 Å². The van der Waals surface area contributed by atoms with Crippen LogP contribution in [0.2, 0.25) is 0 Å². The van der Waals surface area contributed by atoms with Crippen LogP contribution < -0.4 is 15.4 Å². The average Bonchev–Trinajstić information content (AvgIpc) is 2.65. The Kier molecular flexibility index (Phi) is 15.5. The van der Waals surface area contributed by atoms with Crippen LogP contribution in [0.1, 0.15) is 46.5 Å². The molecule has 2 unspecified atom stereocenters. The number of nitrogens with one attached hydrogen (secondary N) is 3. The topological polar surface area (TPSA) is 101 Å². The Morgan fingerprint density at radius 3 is 2.54 bits per heavy atom. The highest BCUT2D eigenvalue weighted by atomic mass is 127. The average molecular weight is 535 g/mol. The molecule has 8 nitrogen and oxygen atoms in total. The van der Waals surface area contributed by atoms with E-state index in [-0.39, 0.29) is 41.9 Å². The summed E-state index contributed by atoms with van der Waals surface area (Å²) < 4.78 is 38.1. The number of rotatable bonds is 12. The molecule has 1 fully saturated rings. The van der Waals surface area contributed by atoms with Gasteiger partial charge in [-0.1, -0.05) is 13.8 Å². The van der Waals surface area contributed by atoms with Crippen LogP contribution in [0, 0.1) is 5.92 Å². The fourth-order valence-corrected chi connectivity index (χ4v) is 3.90. The first-order chi connectivity index (χ1) is 12.9. The van der Waals surface area contributed by atoms with Crippen molar-refractivity contribution in [2.45, 2.75) is 58.7 Å². The molecule has 28 heavy (non-hydrogen) atoms. The first kappa shape index (κ1) is 27.8. The lowest BCUT2D eigenvalue weighted by molar-refractivity contribution is 0.0200. The van der Waals surface area contributed by atoms with Crippen molar-refractivity contribution in [1.29, 1.82) is 0 Å². The lowest BCUT2D eigenvalue weighted by Crippen LogP contribution is -2.43. The van der Waals surface area contributed by atoms with Gasteiger partial charge < -0.3 is 20.1 Å². The molecule has 0 radical (unpaired) electrons. The van der Waals surface area contributed by atoms with Gasteiger partial charge in [0.25, 0.3) is 0 Å². The number of hydrogen-bond acceptors (Lipinski definition) is 5. The summed E-state index contributed by atoms with van der Waals surface area (Å²) in [7, 11) is -1.66. The number of guanidine groups is 1. The second-order valence-corrected chi connectivity index (χ2v) is 9.03. The molecule has 1 saturated heterocycles. The number of sulfonamides is 1. The van der Waals surface area contributed by atoms with E-state index in [9.17, 15) is 8.42 Å². The zero-order valence-corrected chi connectivity index (χ0v) is 20.8. The minimum absolute atomic E-state index is 0. The molecule has 1 rings (SSSR count). The van der Waals surface area contributed by atoms with Gasteiger partial charge in [-0.15, -0.1) is 24.0 Å². The maximum absolute atomic E-state index is 12.1. The number of ether oxygens (including phenoxy) is 2. The van der Waals surface area contributed by atoms with E-state index in [1.807, 2.05) is 6.92 Å². The van der Waals surface area contributed by atoms with Crippen molar-refractivity contribution in [2.24, 2.45) is 10.9 Å². The maximum Gasteiger partial charge on any atom is 0.213 e. The van der Waals surface area contributed by atoms with Gasteiger partial charge in [-0.25, -0.2) is 13.1 Å². The summed E-state index contributed by atoms with van der Waals surface area (Å²) >= 11 is 0. The molecule has 0 aliphatic carbocycles. The summed E-state index contributed by atoms with van der Waals surface area (Å²) in [6, 6.07) is 0. The monoisotopic (exact) mass is 534 g/mol. The predicted octanol–water partition coefficient (Wildman–Crippen LogP) is 1.71. The van der Waals surface area contributed by atoms with Crippen molar-refractivity contribution < 1.29 is 17.9 Å². The van der Waals surface area contributed by atoms with E-state index in [1.165, 1.54) is 0 Å². The molecule has 0 saturated carbocycles. The molecule has 3 N–H and O–H groups in total. The van der Waals surface area contributed by atoms with Crippen LogP contribution in [-0.4, -0.2) is 72.2 Å². The molecule has 1 aliphatic rings. The summed E-state index contributed by atoms with van der Waals surface area (Å²) in [6.07, 6.45) is 4.13. The van der Waals surface area contributed by atoms with E-state index in [2.05, 4.69) is 34.2 Å². The van der Waals surface area contributed by atoms with Gasteiger partial charge in [0.05, 0.1) is 18.0 Å². The first-order valence-corrected chi connectivity index (χ1v) is 11.7. The molecule has 0 spiro atoms. The standard InChI is InChI=1S/C18H38N4O4S.HI/c1-5-25-17(15(2)3)9-10-20-18(19-4)21-11-13-27(23,24)22-14-16-8-6-7-12-26-16;/h15-17,22H,5-14H2,1-4H3,(H2,19,20,21);1H. The molecule has 0 bridgehead atoms. The maximum atomic E-state index is 12.1. The van der Waals surface area contributed by atoms with Gasteiger partial charge in [-0.2, -0.15) is 0 Å². The van der Waals surface area contributed by atoms with Crippen LogP contribution in [0.25, 0.3) is 0 Å². The molecule has 1 heterocycles. The Bertz CT molecular complexity index is 526. The van der Waals surface area contributed by atoms with Crippen LogP contribution in [0.3, 0.4) is 0 Å². The smallest absolute Gasteiger partial charge is 0.213 e. The van der Waals surface area contributed by atoms with Crippen molar-refractivity contribution >= 4 is 40.0 Å². The number of halogens is 1. The van der Waals surface area contributed by atoms with E-state index in [0.29, 0.717) is 38.1 Å². The van der Waals surface area contributed by atoms with Crippen molar-refractivity contribution in [2.75, 3.05) is 45.6 Å². The second kappa shape index (κ2) is 15.6. The Balaban J connectivity index is 0.00000729. The van der Waals surface area contributed by atoms with Crippen LogP contribution in [-0.2, 0) is 19.5 Å². The molecule has 0 aromatic carbocycles. The Morgan fingerprint density at radius 1 is 1.25 bits per heavy atom. The highest BCUT2D eigenvalue weighted by molar-refractivity contribution is 14.0. The minimum Gasteiger partial charge on any atom is -0.378 e. The Hall–Kier alpha value is -0.170. The van der Waals surface area contributed by atoms with E-state index in [0.717, 1.165) is 32.3 Å². The van der Waals surface area contributed by atoms with Crippen LogP contribution in [0.4, 0.5) is 0 Å². The van der Waals surface area contributed by atoms with Crippen molar-refractivity contribution in [3.05, 3.63) is 0 Å². The third-order valence-electron chi connectivity index (χ3n) is 4.54. The van der Waals surface area contributed by atoms with Gasteiger partial charge in [0.1, 0.15) is 0 Å². The van der Waals surface area contributed by atoms with Gasteiger partial charge in [0.2, 0.25) is 10.0 Å². The summed E-state index contributed by atoms with van der Waals surface area (Å²) in [5.41, 5.74) is 0. The molecule has 168 valence electrons. The third-order valence-corrected chi connectivity index (χ3v) is 5.89. The fourth-order valence-electron chi connectivity index (χ4n) is 2.94. The van der Waals surface area contributed by atoms with E-state index in [1.54, 1.807) is 7.05 Å². The highest BCUT2D eigenvalue weighted by Crippen LogP contribution is 2.12. The van der Waals surface area contributed by atoms with E-state index in [4.69, 9.17) is 9.47 Å². The van der Waals surface area contributed by atoms with Crippen LogP contribution >= 0.6 is 24.0 Å². The zero-order valence-electron chi connectivity index (χ0n) is 17.7. The van der Waals surface area contributed by atoms with Crippen molar-refractivity contribution in [3.8, 4) is 0 Å². The van der Waals surface area contributed by atoms with Gasteiger partial charge in [0, 0.05) is 39.9 Å². The van der Waals surface area contributed by atoms with E-state index < -0.39 is 10.0 Å². The molecule has 2 atom stereocenters. The molecule has 0 aromatic heterocycles. The Morgan fingerprint density at radius 2 is 1.96 bits per heavy atom. The largest absolute Gasteiger partial charge is 0.378 e. The second-order valence-electron chi connectivity index (χ2n) is 7.11. The SMILES string of the molecule is CCOC(CCNC(=NC)NCCS(=O)(=O)NCC1CCCCO1)C(C)C.I. The molecule has 0 aromatic rings. The highest BCUT2D eigenvalue weighted by Gasteiger charge is 2.18. The van der Waals surface area contributed by atoms with Gasteiger partial charge in [-0.3, -0.25) is 4.99 Å². The summed E-state index contributed by atoms with van der Waals surface area (Å²) in [4.78, 5) is 4.13. The quantitative estimate of drug-likeness (QED) is 0.200.